The van der Waals surface area contributed by atoms with Gasteiger partial charge in [-0.3, -0.25) is 0 Å². The van der Waals surface area contributed by atoms with Gasteiger partial charge in [0.1, 0.15) is 0 Å². The molecule has 0 spiro atoms. The van der Waals surface area contributed by atoms with Crippen molar-refractivity contribution in [1.82, 2.24) is 10.2 Å². The molecule has 2 rings (SSSR count). The van der Waals surface area contributed by atoms with Gasteiger partial charge in [-0.25, -0.2) is 4.39 Å². The van der Waals surface area contributed by atoms with Crippen LogP contribution in [0.2, 0.25) is 0 Å². The van der Waals surface area contributed by atoms with Crippen molar-refractivity contribution in [1.29, 1.82) is 0 Å². The van der Waals surface area contributed by atoms with Gasteiger partial charge in [-0.2, -0.15) is 5.10 Å². The minimum absolute atomic E-state index is 0. The highest BCUT2D eigenvalue weighted by molar-refractivity contribution is 5.85. The Morgan fingerprint density at radius 3 is 2.40 bits per heavy atom. The normalized spacial score (nSPS) is 9.40. The van der Waals surface area contributed by atoms with E-state index < -0.39 is 5.82 Å². The molecule has 20 heavy (non-hydrogen) atoms. The number of halogens is 3. The van der Waals surface area contributed by atoms with Crippen molar-refractivity contribution in [2.24, 2.45) is 5.73 Å². The summed E-state index contributed by atoms with van der Waals surface area (Å²) >= 11 is 0. The van der Waals surface area contributed by atoms with E-state index in [9.17, 15) is 4.39 Å². The van der Waals surface area contributed by atoms with E-state index in [2.05, 4.69) is 10.2 Å². The van der Waals surface area contributed by atoms with Gasteiger partial charge in [0.05, 0.1) is 5.69 Å². The van der Waals surface area contributed by atoms with Gasteiger partial charge in [0, 0.05) is 12.1 Å². The number of ether oxygens (including phenoxy) is 1. The van der Waals surface area contributed by atoms with E-state index >= 15 is 0 Å². The first-order chi connectivity index (χ1) is 8.63. The topological polar surface area (TPSA) is 61.0 Å². The lowest BCUT2D eigenvalue weighted by molar-refractivity contribution is 0.415. The molecule has 0 radical (unpaired) electrons. The molecule has 0 aliphatic carbocycles. The number of hydrogen-bond donors (Lipinski definition) is 1. The molecule has 0 amide bonds. The SMILES string of the molecule is Cc1nnc(Oc2ccccc2F)c(CN)c1C.Cl.Cl. The minimum Gasteiger partial charge on any atom is -0.434 e. The quantitative estimate of drug-likeness (QED) is 0.942. The summed E-state index contributed by atoms with van der Waals surface area (Å²) in [6.45, 7) is 4.00. The molecule has 4 nitrogen and oxygen atoms in total. The molecule has 110 valence electrons. The van der Waals surface area contributed by atoms with Gasteiger partial charge in [0.2, 0.25) is 5.88 Å². The zero-order chi connectivity index (χ0) is 13.1. The minimum atomic E-state index is -0.444. The Labute approximate surface area is 129 Å². The third kappa shape index (κ3) is 3.79. The monoisotopic (exact) mass is 319 g/mol. The predicted octanol–water partition coefficient (Wildman–Crippen LogP) is 3.33. The van der Waals surface area contributed by atoms with Crippen LogP contribution in [0.4, 0.5) is 4.39 Å². The summed E-state index contributed by atoms with van der Waals surface area (Å²) in [7, 11) is 0. The van der Waals surface area contributed by atoms with Crippen LogP contribution in [0.3, 0.4) is 0 Å². The maximum Gasteiger partial charge on any atom is 0.243 e. The molecule has 0 atom stereocenters. The number of nitrogens with zero attached hydrogens (tertiary/aromatic N) is 2. The van der Waals surface area contributed by atoms with E-state index in [1.807, 2.05) is 13.8 Å². The summed E-state index contributed by atoms with van der Waals surface area (Å²) in [5, 5.41) is 7.89. The Kier molecular flexibility index (Phi) is 7.42. The molecule has 1 aromatic carbocycles. The zero-order valence-corrected chi connectivity index (χ0v) is 12.7. The highest BCUT2D eigenvalue weighted by atomic mass is 35.5. The van der Waals surface area contributed by atoms with Gasteiger partial charge in [0.15, 0.2) is 11.6 Å². The summed E-state index contributed by atoms with van der Waals surface area (Å²) in [6, 6.07) is 6.14. The van der Waals surface area contributed by atoms with Crippen LogP contribution in [0.15, 0.2) is 24.3 Å². The molecule has 0 unspecified atom stereocenters. The lowest BCUT2D eigenvalue weighted by atomic mass is 10.1. The van der Waals surface area contributed by atoms with Crippen molar-refractivity contribution >= 4 is 24.8 Å². The van der Waals surface area contributed by atoms with Gasteiger partial charge in [0.25, 0.3) is 0 Å². The zero-order valence-electron chi connectivity index (χ0n) is 11.1. The standard InChI is InChI=1S/C13H14FN3O.2ClH/c1-8-9(2)16-17-13(10(8)7-15)18-12-6-4-3-5-11(12)14;;/h3-6H,7,15H2,1-2H3;2*1H. The van der Waals surface area contributed by atoms with Crippen LogP contribution in [-0.4, -0.2) is 10.2 Å². The first kappa shape index (κ1) is 18.6. The van der Waals surface area contributed by atoms with E-state index in [1.54, 1.807) is 12.1 Å². The van der Waals surface area contributed by atoms with E-state index in [-0.39, 0.29) is 43.0 Å². The van der Waals surface area contributed by atoms with Crippen LogP contribution in [0.5, 0.6) is 11.6 Å². The Morgan fingerprint density at radius 1 is 1.15 bits per heavy atom. The highest BCUT2D eigenvalue weighted by Gasteiger charge is 2.13. The van der Waals surface area contributed by atoms with Crippen molar-refractivity contribution in [2.45, 2.75) is 20.4 Å². The van der Waals surface area contributed by atoms with Crippen LogP contribution in [0.1, 0.15) is 16.8 Å². The Hall–Kier alpha value is -1.43. The van der Waals surface area contributed by atoms with Crippen LogP contribution in [0.25, 0.3) is 0 Å². The molecule has 1 aromatic heterocycles. The third-order valence-electron chi connectivity index (χ3n) is 2.79. The van der Waals surface area contributed by atoms with E-state index in [0.717, 1.165) is 16.8 Å². The summed E-state index contributed by atoms with van der Waals surface area (Å²) < 4.78 is 18.9. The first-order valence-electron chi connectivity index (χ1n) is 5.58. The number of hydrogen-bond acceptors (Lipinski definition) is 4. The fraction of sp³-hybridized carbons (Fsp3) is 0.231. The molecule has 7 heteroatoms. The van der Waals surface area contributed by atoms with Crippen molar-refractivity contribution in [3.63, 3.8) is 0 Å². The number of nitrogens with two attached hydrogens (primary N) is 1. The fourth-order valence-corrected chi connectivity index (χ4v) is 1.59. The summed E-state index contributed by atoms with van der Waals surface area (Å²) in [4.78, 5) is 0. The molecule has 0 saturated heterocycles. The van der Waals surface area contributed by atoms with Gasteiger partial charge >= 0.3 is 0 Å². The van der Waals surface area contributed by atoms with Gasteiger partial charge in [-0.05, 0) is 31.5 Å². The fourth-order valence-electron chi connectivity index (χ4n) is 1.59. The number of aryl methyl sites for hydroxylation is 1. The van der Waals surface area contributed by atoms with Gasteiger partial charge < -0.3 is 10.5 Å². The highest BCUT2D eigenvalue weighted by Crippen LogP contribution is 2.27. The second-order valence-electron chi connectivity index (χ2n) is 3.93. The lowest BCUT2D eigenvalue weighted by Gasteiger charge is -2.12. The molecular weight excluding hydrogens is 304 g/mol. The molecular formula is C13H16Cl2FN3O. The van der Waals surface area contributed by atoms with Crippen LogP contribution in [0, 0.1) is 19.7 Å². The third-order valence-corrected chi connectivity index (χ3v) is 2.79. The second-order valence-corrected chi connectivity index (χ2v) is 3.93. The van der Waals surface area contributed by atoms with Crippen LogP contribution >= 0.6 is 24.8 Å². The second kappa shape index (κ2) is 7.99. The average molecular weight is 320 g/mol. The molecule has 0 aliphatic heterocycles. The number of benzene rings is 1. The molecule has 2 N–H and O–H groups in total. The molecule has 1 heterocycles. The molecule has 0 bridgehead atoms. The molecule has 0 saturated carbocycles. The van der Waals surface area contributed by atoms with E-state index in [1.165, 1.54) is 12.1 Å². The van der Waals surface area contributed by atoms with E-state index in [0.29, 0.717) is 0 Å². The lowest BCUT2D eigenvalue weighted by Crippen LogP contribution is -2.07. The number of para-hydroxylation sites is 1. The van der Waals surface area contributed by atoms with Crippen molar-refractivity contribution in [3.05, 3.63) is 46.9 Å². The largest absolute Gasteiger partial charge is 0.434 e. The summed E-state index contributed by atoms with van der Waals surface area (Å²) in [6.07, 6.45) is 0. The van der Waals surface area contributed by atoms with Gasteiger partial charge in [-0.15, -0.1) is 29.9 Å². The molecule has 0 aliphatic rings. The maximum atomic E-state index is 13.5. The maximum absolute atomic E-state index is 13.5. The molecule has 2 aromatic rings. The Balaban J connectivity index is 0.00000180. The van der Waals surface area contributed by atoms with E-state index in [4.69, 9.17) is 10.5 Å². The van der Waals surface area contributed by atoms with Crippen molar-refractivity contribution in [3.8, 4) is 11.6 Å². The Bertz CT molecular complexity index is 582. The van der Waals surface area contributed by atoms with Crippen molar-refractivity contribution < 1.29 is 9.13 Å². The molecule has 0 fully saturated rings. The van der Waals surface area contributed by atoms with Crippen LogP contribution < -0.4 is 10.5 Å². The van der Waals surface area contributed by atoms with Crippen molar-refractivity contribution in [2.75, 3.05) is 0 Å². The summed E-state index contributed by atoms with van der Waals surface area (Å²) in [5.41, 5.74) is 8.12. The van der Waals surface area contributed by atoms with Gasteiger partial charge in [-0.1, -0.05) is 12.1 Å². The summed E-state index contributed by atoms with van der Waals surface area (Å²) in [5.74, 6) is -0.0732. The number of rotatable bonds is 3. The average Bonchev–Trinajstić information content (AvgIpc) is 2.37. The Morgan fingerprint density at radius 2 is 1.80 bits per heavy atom. The smallest absolute Gasteiger partial charge is 0.243 e. The first-order valence-corrected chi connectivity index (χ1v) is 5.58. The number of aromatic nitrogens is 2. The van der Waals surface area contributed by atoms with Crippen LogP contribution in [-0.2, 0) is 6.54 Å². The predicted molar refractivity (Wildman–Crippen MR) is 80.4 cm³/mol.